The number of nitrogens with zero attached hydrogens (tertiary/aromatic N) is 3. The van der Waals surface area contributed by atoms with Crippen LogP contribution in [0.15, 0.2) is 36.4 Å². The number of carbonyl (C=O) groups excluding carboxylic acids is 1. The SMILES string of the molecule is Cc1cc(N)n(CC(=O)N2CCC(C(O)Cc3ccccc3)CC2)n1. The van der Waals surface area contributed by atoms with Crippen molar-refractivity contribution < 1.29 is 9.90 Å². The molecule has 134 valence electrons. The van der Waals surface area contributed by atoms with Crippen molar-refractivity contribution >= 4 is 11.7 Å². The van der Waals surface area contributed by atoms with Crippen molar-refractivity contribution in [2.24, 2.45) is 5.92 Å². The Morgan fingerprint density at radius 1 is 1.32 bits per heavy atom. The number of aryl methyl sites for hydroxylation is 1. The van der Waals surface area contributed by atoms with E-state index in [2.05, 4.69) is 5.10 Å². The quantitative estimate of drug-likeness (QED) is 0.865. The van der Waals surface area contributed by atoms with Crippen molar-refractivity contribution in [3.05, 3.63) is 47.7 Å². The Labute approximate surface area is 148 Å². The van der Waals surface area contributed by atoms with Crippen LogP contribution in [-0.2, 0) is 17.8 Å². The van der Waals surface area contributed by atoms with Gasteiger partial charge in [0.1, 0.15) is 12.4 Å². The molecule has 0 saturated carbocycles. The van der Waals surface area contributed by atoms with Crippen LogP contribution in [0.3, 0.4) is 0 Å². The van der Waals surface area contributed by atoms with E-state index in [1.54, 1.807) is 10.7 Å². The van der Waals surface area contributed by atoms with Crippen LogP contribution < -0.4 is 5.73 Å². The van der Waals surface area contributed by atoms with Gasteiger partial charge < -0.3 is 15.7 Å². The summed E-state index contributed by atoms with van der Waals surface area (Å²) < 4.78 is 1.55. The molecule has 1 fully saturated rings. The summed E-state index contributed by atoms with van der Waals surface area (Å²) >= 11 is 0. The first kappa shape index (κ1) is 17.5. The van der Waals surface area contributed by atoms with Gasteiger partial charge in [-0.3, -0.25) is 4.79 Å². The predicted octanol–water partition coefficient (Wildman–Crippen LogP) is 1.62. The lowest BCUT2D eigenvalue weighted by Crippen LogP contribution is -2.43. The maximum absolute atomic E-state index is 12.4. The molecule has 1 saturated heterocycles. The predicted molar refractivity (Wildman–Crippen MR) is 96.8 cm³/mol. The number of rotatable bonds is 5. The van der Waals surface area contributed by atoms with Gasteiger partial charge in [0.25, 0.3) is 0 Å². The summed E-state index contributed by atoms with van der Waals surface area (Å²) in [6.45, 7) is 3.39. The van der Waals surface area contributed by atoms with E-state index >= 15 is 0 Å². The molecule has 3 rings (SSSR count). The second-order valence-corrected chi connectivity index (χ2v) is 6.84. The Kier molecular flexibility index (Phi) is 5.38. The largest absolute Gasteiger partial charge is 0.392 e. The minimum atomic E-state index is -0.357. The van der Waals surface area contributed by atoms with Gasteiger partial charge in [0, 0.05) is 19.2 Å². The molecule has 1 aliphatic heterocycles. The van der Waals surface area contributed by atoms with Crippen LogP contribution in [0.2, 0.25) is 0 Å². The lowest BCUT2D eigenvalue weighted by Gasteiger charge is -2.34. The van der Waals surface area contributed by atoms with Gasteiger partial charge in [-0.05, 0) is 37.7 Å². The van der Waals surface area contributed by atoms with Gasteiger partial charge in [-0.1, -0.05) is 30.3 Å². The topological polar surface area (TPSA) is 84.4 Å². The van der Waals surface area contributed by atoms with Crippen molar-refractivity contribution in [3.63, 3.8) is 0 Å². The molecule has 1 amide bonds. The van der Waals surface area contributed by atoms with E-state index in [-0.39, 0.29) is 24.5 Å². The Hall–Kier alpha value is -2.34. The highest BCUT2D eigenvalue weighted by Crippen LogP contribution is 2.23. The van der Waals surface area contributed by atoms with Gasteiger partial charge in [0.2, 0.25) is 5.91 Å². The number of hydrogen-bond acceptors (Lipinski definition) is 4. The van der Waals surface area contributed by atoms with E-state index in [0.717, 1.165) is 24.1 Å². The van der Waals surface area contributed by atoms with E-state index in [4.69, 9.17) is 5.73 Å². The molecule has 25 heavy (non-hydrogen) atoms. The zero-order chi connectivity index (χ0) is 17.8. The summed E-state index contributed by atoms with van der Waals surface area (Å²) in [6, 6.07) is 11.8. The Morgan fingerprint density at radius 2 is 2.00 bits per heavy atom. The first-order valence-corrected chi connectivity index (χ1v) is 8.82. The van der Waals surface area contributed by atoms with Gasteiger partial charge in [0.15, 0.2) is 0 Å². The number of aromatic nitrogens is 2. The van der Waals surface area contributed by atoms with Crippen LogP contribution in [0.5, 0.6) is 0 Å². The minimum Gasteiger partial charge on any atom is -0.392 e. The molecule has 0 aliphatic carbocycles. The molecule has 3 N–H and O–H groups in total. The summed E-state index contributed by atoms with van der Waals surface area (Å²) in [5.41, 5.74) is 7.81. The monoisotopic (exact) mass is 342 g/mol. The zero-order valence-corrected chi connectivity index (χ0v) is 14.6. The number of amides is 1. The summed E-state index contributed by atoms with van der Waals surface area (Å²) in [6.07, 6.45) is 1.97. The molecular weight excluding hydrogens is 316 g/mol. The third kappa shape index (κ3) is 4.39. The fraction of sp³-hybridized carbons (Fsp3) is 0.474. The van der Waals surface area contributed by atoms with Crippen molar-refractivity contribution in [1.82, 2.24) is 14.7 Å². The zero-order valence-electron chi connectivity index (χ0n) is 14.6. The van der Waals surface area contributed by atoms with Crippen LogP contribution in [0.25, 0.3) is 0 Å². The van der Waals surface area contributed by atoms with E-state index in [1.165, 1.54) is 0 Å². The molecule has 1 aromatic heterocycles. The fourth-order valence-electron chi connectivity index (χ4n) is 3.48. The van der Waals surface area contributed by atoms with Crippen LogP contribution in [0.1, 0.15) is 24.1 Å². The van der Waals surface area contributed by atoms with Crippen molar-refractivity contribution in [2.45, 2.75) is 38.8 Å². The molecule has 0 spiro atoms. The van der Waals surface area contributed by atoms with Crippen molar-refractivity contribution in [3.8, 4) is 0 Å². The molecule has 6 nitrogen and oxygen atoms in total. The maximum atomic E-state index is 12.4. The van der Waals surface area contributed by atoms with E-state index < -0.39 is 0 Å². The highest BCUT2D eigenvalue weighted by Gasteiger charge is 2.27. The fourth-order valence-corrected chi connectivity index (χ4v) is 3.48. The van der Waals surface area contributed by atoms with Crippen molar-refractivity contribution in [1.29, 1.82) is 0 Å². The van der Waals surface area contributed by atoms with E-state index in [9.17, 15) is 9.90 Å². The number of nitrogens with two attached hydrogens (primary N) is 1. The number of carbonyl (C=O) groups is 1. The van der Waals surface area contributed by atoms with Crippen LogP contribution in [0.4, 0.5) is 5.82 Å². The van der Waals surface area contributed by atoms with Gasteiger partial charge in [-0.15, -0.1) is 0 Å². The van der Waals surface area contributed by atoms with Gasteiger partial charge in [-0.25, -0.2) is 4.68 Å². The molecule has 2 aromatic rings. The molecule has 2 heterocycles. The number of likely N-dealkylation sites (tertiary alicyclic amines) is 1. The van der Waals surface area contributed by atoms with Gasteiger partial charge >= 0.3 is 0 Å². The molecule has 1 aliphatic rings. The molecule has 6 heteroatoms. The average Bonchev–Trinajstić information content (AvgIpc) is 2.93. The molecule has 1 aromatic carbocycles. The molecule has 1 atom stereocenters. The lowest BCUT2D eigenvalue weighted by molar-refractivity contribution is -0.134. The first-order chi connectivity index (χ1) is 12.0. The number of benzene rings is 1. The van der Waals surface area contributed by atoms with Crippen LogP contribution in [-0.4, -0.2) is 44.9 Å². The third-order valence-electron chi connectivity index (χ3n) is 4.94. The summed E-state index contributed by atoms with van der Waals surface area (Å²) in [5.74, 6) is 0.783. The molecule has 0 bridgehead atoms. The summed E-state index contributed by atoms with van der Waals surface area (Å²) in [5, 5.41) is 14.7. The Bertz CT molecular complexity index is 705. The molecule has 1 unspecified atom stereocenters. The smallest absolute Gasteiger partial charge is 0.244 e. The number of aliphatic hydroxyl groups excluding tert-OH is 1. The standard InChI is InChI=1S/C19H26N4O2/c1-14-11-18(20)23(21-14)13-19(25)22-9-7-16(8-10-22)17(24)12-15-5-3-2-4-6-15/h2-6,11,16-17,24H,7-10,12-13,20H2,1H3. The highest BCUT2D eigenvalue weighted by molar-refractivity contribution is 5.76. The van der Waals surface area contributed by atoms with Gasteiger partial charge in [-0.2, -0.15) is 5.10 Å². The van der Waals surface area contributed by atoms with E-state index in [0.29, 0.717) is 25.3 Å². The minimum absolute atomic E-state index is 0.0331. The molecule has 0 radical (unpaired) electrons. The number of anilines is 1. The third-order valence-corrected chi connectivity index (χ3v) is 4.94. The number of piperidine rings is 1. The summed E-state index contributed by atoms with van der Waals surface area (Å²) in [7, 11) is 0. The van der Waals surface area contributed by atoms with Gasteiger partial charge in [0.05, 0.1) is 11.8 Å². The normalized spacial score (nSPS) is 16.8. The first-order valence-electron chi connectivity index (χ1n) is 8.82. The number of nitrogen functional groups attached to an aromatic ring is 1. The Morgan fingerprint density at radius 3 is 2.60 bits per heavy atom. The lowest BCUT2D eigenvalue weighted by atomic mass is 9.88. The number of hydrogen-bond donors (Lipinski definition) is 2. The second kappa shape index (κ2) is 7.70. The van der Waals surface area contributed by atoms with Crippen molar-refractivity contribution in [2.75, 3.05) is 18.8 Å². The maximum Gasteiger partial charge on any atom is 0.244 e. The van der Waals surface area contributed by atoms with Crippen LogP contribution in [0, 0.1) is 12.8 Å². The molecular formula is C19H26N4O2. The highest BCUT2D eigenvalue weighted by atomic mass is 16.3. The van der Waals surface area contributed by atoms with E-state index in [1.807, 2.05) is 42.2 Å². The second-order valence-electron chi connectivity index (χ2n) is 6.84. The number of aliphatic hydroxyl groups is 1. The average molecular weight is 342 g/mol. The van der Waals surface area contributed by atoms with Crippen LogP contribution >= 0.6 is 0 Å². The summed E-state index contributed by atoms with van der Waals surface area (Å²) in [4.78, 5) is 14.3. The Balaban J connectivity index is 1.49.